The highest BCUT2D eigenvalue weighted by Gasteiger charge is 2.26. The molecule has 1 aliphatic carbocycles. The van der Waals surface area contributed by atoms with Gasteiger partial charge in [-0.2, -0.15) is 0 Å². The van der Waals surface area contributed by atoms with Gasteiger partial charge in [0.2, 0.25) is 10.0 Å². The zero-order valence-electron chi connectivity index (χ0n) is 19.9. The fourth-order valence-corrected chi connectivity index (χ4v) is 5.67. The molecule has 0 bridgehead atoms. The van der Waals surface area contributed by atoms with Gasteiger partial charge in [0.1, 0.15) is 0 Å². The Morgan fingerprint density at radius 3 is 2.56 bits per heavy atom. The van der Waals surface area contributed by atoms with Crippen molar-refractivity contribution in [3.63, 3.8) is 0 Å². The van der Waals surface area contributed by atoms with Gasteiger partial charge in [0.25, 0.3) is 5.91 Å². The third kappa shape index (κ3) is 7.05. The SMILES string of the molecule is CN1CCCN(C(=O)c2cc(NC[C@@H]3CC=CCC3)cc(S(=O)(=O)NC(C)(C)C)c2)CC1. The molecular weight excluding hydrogens is 424 g/mol. The lowest BCUT2D eigenvalue weighted by molar-refractivity contribution is 0.0762. The number of benzene rings is 1. The van der Waals surface area contributed by atoms with Gasteiger partial charge in [-0.1, -0.05) is 12.2 Å². The Labute approximate surface area is 193 Å². The Bertz CT molecular complexity index is 937. The normalized spacial score (nSPS) is 20.8. The van der Waals surface area contributed by atoms with Crippen LogP contribution in [0.4, 0.5) is 5.69 Å². The van der Waals surface area contributed by atoms with Gasteiger partial charge in [-0.15, -0.1) is 0 Å². The van der Waals surface area contributed by atoms with Crippen LogP contribution in [0.2, 0.25) is 0 Å². The minimum Gasteiger partial charge on any atom is -0.385 e. The lowest BCUT2D eigenvalue weighted by Gasteiger charge is -2.24. The molecule has 2 N–H and O–H groups in total. The molecular formula is C24H38N4O3S. The Balaban J connectivity index is 1.88. The van der Waals surface area contributed by atoms with Gasteiger partial charge in [0.05, 0.1) is 4.90 Å². The predicted molar refractivity (Wildman–Crippen MR) is 130 cm³/mol. The van der Waals surface area contributed by atoms with Crippen LogP contribution in [0.25, 0.3) is 0 Å². The molecule has 1 aromatic carbocycles. The Kier molecular flexibility index (Phi) is 8.01. The average molecular weight is 463 g/mol. The molecule has 1 atom stereocenters. The van der Waals surface area contributed by atoms with Crippen molar-refractivity contribution in [1.82, 2.24) is 14.5 Å². The van der Waals surface area contributed by atoms with Crippen molar-refractivity contribution in [2.24, 2.45) is 5.92 Å². The van der Waals surface area contributed by atoms with Crippen molar-refractivity contribution >= 4 is 21.6 Å². The maximum absolute atomic E-state index is 13.3. The second-order valence-electron chi connectivity index (χ2n) is 10.1. The number of anilines is 1. The van der Waals surface area contributed by atoms with E-state index in [0.29, 0.717) is 30.3 Å². The second kappa shape index (κ2) is 10.4. The van der Waals surface area contributed by atoms with E-state index in [-0.39, 0.29) is 10.8 Å². The van der Waals surface area contributed by atoms with Crippen LogP contribution in [0.5, 0.6) is 0 Å². The summed E-state index contributed by atoms with van der Waals surface area (Å²) in [5.74, 6) is 0.394. The molecule has 1 fully saturated rings. The summed E-state index contributed by atoms with van der Waals surface area (Å²) < 4.78 is 28.9. The molecule has 0 spiro atoms. The van der Waals surface area contributed by atoms with Gasteiger partial charge >= 0.3 is 0 Å². The quantitative estimate of drug-likeness (QED) is 0.634. The van der Waals surface area contributed by atoms with Gasteiger partial charge in [0, 0.05) is 43.0 Å². The standard InChI is InChI=1S/C24H38N4O3S/c1-24(2,3)26-32(30,31)22-16-20(23(29)28-12-8-11-27(4)13-14-28)15-21(17-22)25-18-19-9-6-5-7-10-19/h5-6,15-17,19,25-26H,7-14,18H2,1-4H3/t19-/m1/s1. The molecule has 0 saturated carbocycles. The number of rotatable bonds is 6. The Hall–Kier alpha value is -1.90. The maximum atomic E-state index is 13.3. The van der Waals surface area contributed by atoms with Gasteiger partial charge < -0.3 is 15.1 Å². The molecule has 1 heterocycles. The fourth-order valence-electron chi connectivity index (χ4n) is 4.18. The summed E-state index contributed by atoms with van der Waals surface area (Å²) in [7, 11) is -1.71. The lowest BCUT2D eigenvalue weighted by Crippen LogP contribution is -2.40. The predicted octanol–water partition coefficient (Wildman–Crippen LogP) is 3.31. The number of carbonyl (C=O) groups excluding carboxylic acids is 1. The van der Waals surface area contributed by atoms with Gasteiger partial charge in [-0.05, 0) is 84.2 Å². The molecule has 1 aliphatic heterocycles. The topological polar surface area (TPSA) is 81.8 Å². The molecule has 0 unspecified atom stereocenters. The van der Waals surface area contributed by atoms with Crippen LogP contribution in [0.3, 0.4) is 0 Å². The molecule has 32 heavy (non-hydrogen) atoms. The minimum absolute atomic E-state index is 0.114. The highest BCUT2D eigenvalue weighted by molar-refractivity contribution is 7.89. The van der Waals surface area contributed by atoms with Crippen molar-refractivity contribution in [1.29, 1.82) is 0 Å². The summed E-state index contributed by atoms with van der Waals surface area (Å²) in [4.78, 5) is 17.5. The number of carbonyl (C=O) groups is 1. The molecule has 0 radical (unpaired) electrons. The zero-order valence-corrected chi connectivity index (χ0v) is 20.7. The van der Waals surface area contributed by atoms with E-state index in [1.165, 1.54) is 6.07 Å². The molecule has 1 amide bonds. The highest BCUT2D eigenvalue weighted by atomic mass is 32.2. The number of nitrogens with zero attached hydrogens (tertiary/aromatic N) is 2. The molecule has 0 aromatic heterocycles. The molecule has 1 saturated heterocycles. The largest absolute Gasteiger partial charge is 0.385 e. The number of hydrogen-bond donors (Lipinski definition) is 2. The number of allylic oxidation sites excluding steroid dienone is 2. The van der Waals surface area contributed by atoms with Crippen LogP contribution in [0.15, 0.2) is 35.2 Å². The molecule has 7 nitrogen and oxygen atoms in total. The number of likely N-dealkylation sites (N-methyl/N-ethyl adjacent to an activating group) is 1. The average Bonchev–Trinajstić information content (AvgIpc) is 2.95. The number of hydrogen-bond acceptors (Lipinski definition) is 5. The molecule has 3 rings (SSSR count). The lowest BCUT2D eigenvalue weighted by atomic mass is 9.94. The first-order valence-electron chi connectivity index (χ1n) is 11.6. The number of sulfonamides is 1. The molecule has 8 heteroatoms. The van der Waals surface area contributed by atoms with E-state index in [0.717, 1.165) is 45.3 Å². The van der Waals surface area contributed by atoms with Crippen molar-refractivity contribution in [2.75, 3.05) is 45.1 Å². The van der Waals surface area contributed by atoms with Crippen LogP contribution in [0, 0.1) is 5.92 Å². The molecule has 178 valence electrons. The van der Waals surface area contributed by atoms with Crippen LogP contribution in [-0.2, 0) is 10.0 Å². The molecule has 2 aliphatic rings. The van der Waals surface area contributed by atoms with Gasteiger partial charge in [-0.25, -0.2) is 13.1 Å². The maximum Gasteiger partial charge on any atom is 0.254 e. The number of amides is 1. The van der Waals surface area contributed by atoms with E-state index in [1.807, 2.05) is 25.7 Å². The third-order valence-electron chi connectivity index (χ3n) is 5.88. The second-order valence-corrected chi connectivity index (χ2v) is 11.8. The van der Waals surface area contributed by atoms with Crippen molar-refractivity contribution < 1.29 is 13.2 Å². The summed E-state index contributed by atoms with van der Waals surface area (Å²) in [6.07, 6.45) is 8.52. The van der Waals surface area contributed by atoms with E-state index in [4.69, 9.17) is 0 Å². The van der Waals surface area contributed by atoms with E-state index >= 15 is 0 Å². The van der Waals surface area contributed by atoms with Crippen LogP contribution in [-0.4, -0.2) is 69.4 Å². The smallest absolute Gasteiger partial charge is 0.254 e. The van der Waals surface area contributed by atoms with E-state index in [2.05, 4.69) is 34.1 Å². The Morgan fingerprint density at radius 1 is 1.09 bits per heavy atom. The van der Waals surface area contributed by atoms with Crippen LogP contribution in [0.1, 0.15) is 56.8 Å². The van der Waals surface area contributed by atoms with Crippen molar-refractivity contribution in [3.05, 3.63) is 35.9 Å². The zero-order chi connectivity index (χ0) is 23.4. The summed E-state index contributed by atoms with van der Waals surface area (Å²) in [5.41, 5.74) is 0.472. The van der Waals surface area contributed by atoms with E-state index in [9.17, 15) is 13.2 Å². The van der Waals surface area contributed by atoms with E-state index < -0.39 is 15.6 Å². The summed E-state index contributed by atoms with van der Waals surface area (Å²) in [6, 6.07) is 4.95. The summed E-state index contributed by atoms with van der Waals surface area (Å²) >= 11 is 0. The first kappa shape index (κ1) is 24.7. The Morgan fingerprint density at radius 2 is 1.88 bits per heavy atom. The minimum atomic E-state index is -3.77. The van der Waals surface area contributed by atoms with Crippen LogP contribution >= 0.6 is 0 Å². The summed E-state index contributed by atoms with van der Waals surface area (Å²) in [5, 5.41) is 3.40. The first-order valence-corrected chi connectivity index (χ1v) is 13.1. The van der Waals surface area contributed by atoms with Crippen LogP contribution < -0.4 is 10.0 Å². The fraction of sp³-hybridized carbons (Fsp3) is 0.625. The third-order valence-corrected chi connectivity index (χ3v) is 7.62. The van der Waals surface area contributed by atoms with Gasteiger partial charge in [-0.3, -0.25) is 4.79 Å². The highest BCUT2D eigenvalue weighted by Crippen LogP contribution is 2.24. The summed E-state index contributed by atoms with van der Waals surface area (Å²) in [6.45, 7) is 9.27. The van der Waals surface area contributed by atoms with E-state index in [1.54, 1.807) is 12.1 Å². The first-order chi connectivity index (χ1) is 15.0. The monoisotopic (exact) mass is 462 g/mol. The molecule has 1 aromatic rings. The van der Waals surface area contributed by atoms with Crippen molar-refractivity contribution in [3.8, 4) is 0 Å². The number of nitrogens with one attached hydrogen (secondary N) is 2. The van der Waals surface area contributed by atoms with Crippen molar-refractivity contribution in [2.45, 2.75) is 56.9 Å². The van der Waals surface area contributed by atoms with Gasteiger partial charge in [0.15, 0.2) is 0 Å².